The van der Waals surface area contributed by atoms with Crippen LogP contribution >= 0.6 is 0 Å². The lowest BCUT2D eigenvalue weighted by atomic mass is 10.0. The van der Waals surface area contributed by atoms with Gasteiger partial charge in [-0.25, -0.2) is 18.7 Å². The highest BCUT2D eigenvalue weighted by Crippen LogP contribution is 2.28. The molecule has 0 amide bonds. The molecule has 0 bridgehead atoms. The van der Waals surface area contributed by atoms with E-state index in [4.69, 9.17) is 4.74 Å². The fraction of sp³-hybridized carbons (Fsp3) is 0.133. The Morgan fingerprint density at radius 2 is 1.53 bits per heavy atom. The number of rotatable bonds is 8. The first-order valence-electron chi connectivity index (χ1n) is 12.0. The Kier molecular flexibility index (Phi) is 7.22. The number of fused-ring (bicyclic) bond motifs is 1. The van der Waals surface area contributed by atoms with Crippen molar-refractivity contribution < 1.29 is 22.3 Å². The van der Waals surface area contributed by atoms with Crippen LogP contribution in [0, 0.1) is 12.7 Å². The van der Waals surface area contributed by atoms with Gasteiger partial charge >= 0.3 is 6.08 Å². The summed E-state index contributed by atoms with van der Waals surface area (Å²) in [4.78, 5) is 9.04. The summed E-state index contributed by atoms with van der Waals surface area (Å²) >= 11 is 0. The van der Waals surface area contributed by atoms with Crippen molar-refractivity contribution in [2.75, 3.05) is 6.61 Å². The number of pyridine rings is 1. The summed E-state index contributed by atoms with van der Waals surface area (Å²) in [5.74, 6) is -0.911. The van der Waals surface area contributed by atoms with Gasteiger partial charge in [-0.15, -0.1) is 0 Å². The summed E-state index contributed by atoms with van der Waals surface area (Å²) in [6.07, 6.45) is 1.04. The number of nitrogens with zero attached hydrogens (tertiary/aromatic N) is 3. The zero-order chi connectivity index (χ0) is 26.6. The Labute approximate surface area is 217 Å². The molecule has 0 N–H and O–H groups in total. The van der Waals surface area contributed by atoms with Crippen molar-refractivity contribution in [3.05, 3.63) is 114 Å². The van der Waals surface area contributed by atoms with Crippen LogP contribution in [0.4, 0.5) is 17.6 Å². The molecule has 0 fully saturated rings. The van der Waals surface area contributed by atoms with Gasteiger partial charge in [0.05, 0.1) is 17.9 Å². The molecule has 3 aromatic carbocycles. The summed E-state index contributed by atoms with van der Waals surface area (Å²) in [6.45, 7) is 2.17. The third-order valence-corrected chi connectivity index (χ3v) is 6.16. The van der Waals surface area contributed by atoms with Crippen molar-refractivity contribution in [1.82, 2.24) is 14.5 Å². The maximum atomic E-state index is 14.5. The highest BCUT2D eigenvalue weighted by atomic mass is 19.3. The predicted octanol–water partition coefficient (Wildman–Crippen LogP) is 8.06. The molecule has 8 heteroatoms. The fourth-order valence-corrected chi connectivity index (χ4v) is 4.10. The van der Waals surface area contributed by atoms with Crippen molar-refractivity contribution in [1.29, 1.82) is 0 Å². The largest absolute Gasteiger partial charge is 0.493 e. The quantitative estimate of drug-likeness (QED) is 0.196. The van der Waals surface area contributed by atoms with Crippen LogP contribution in [0.3, 0.4) is 0 Å². The monoisotopic (exact) mass is 517 g/mol. The van der Waals surface area contributed by atoms with Gasteiger partial charge in [0.15, 0.2) is 11.7 Å². The van der Waals surface area contributed by atoms with E-state index in [0.717, 1.165) is 16.7 Å². The van der Waals surface area contributed by atoms with Gasteiger partial charge in [-0.1, -0.05) is 48.5 Å². The van der Waals surface area contributed by atoms with E-state index in [9.17, 15) is 17.6 Å². The molecule has 192 valence electrons. The van der Waals surface area contributed by atoms with Crippen LogP contribution in [-0.2, 0) is 6.54 Å². The molecule has 0 radical (unpaired) electrons. The highest BCUT2D eigenvalue weighted by Gasteiger charge is 2.16. The van der Waals surface area contributed by atoms with E-state index in [1.807, 2.05) is 59.4 Å². The van der Waals surface area contributed by atoms with Crippen molar-refractivity contribution >= 4 is 0 Å². The number of hydrogen-bond donors (Lipinski definition) is 0. The third-order valence-electron chi connectivity index (χ3n) is 6.16. The zero-order valence-electron chi connectivity index (χ0n) is 20.5. The minimum absolute atomic E-state index is 0.166. The van der Waals surface area contributed by atoms with Gasteiger partial charge in [-0.3, -0.25) is 0 Å². The van der Waals surface area contributed by atoms with Crippen LogP contribution in [0.5, 0.6) is 5.75 Å². The molecule has 0 saturated heterocycles. The van der Waals surface area contributed by atoms with E-state index < -0.39 is 18.3 Å². The first-order chi connectivity index (χ1) is 18.4. The maximum Gasteiger partial charge on any atom is 0.301 e. The average Bonchev–Trinajstić information content (AvgIpc) is 3.34. The van der Waals surface area contributed by atoms with E-state index in [2.05, 4.69) is 9.97 Å². The molecular weight excluding hydrogens is 494 g/mol. The van der Waals surface area contributed by atoms with Gasteiger partial charge < -0.3 is 9.30 Å². The second-order valence-electron chi connectivity index (χ2n) is 8.86. The zero-order valence-corrected chi connectivity index (χ0v) is 20.5. The Morgan fingerprint density at radius 1 is 0.842 bits per heavy atom. The predicted molar refractivity (Wildman–Crippen MR) is 138 cm³/mol. The van der Waals surface area contributed by atoms with Crippen LogP contribution in [0.15, 0.2) is 97.1 Å². The van der Waals surface area contributed by atoms with E-state index in [-0.39, 0.29) is 12.4 Å². The summed E-state index contributed by atoms with van der Waals surface area (Å²) in [6, 6.07) is 22.3. The fourth-order valence-electron chi connectivity index (χ4n) is 4.10. The molecule has 2 aliphatic heterocycles. The van der Waals surface area contributed by atoms with Crippen LogP contribution in [-0.4, -0.2) is 21.1 Å². The average molecular weight is 518 g/mol. The van der Waals surface area contributed by atoms with Crippen LogP contribution in [0.25, 0.3) is 33.9 Å². The summed E-state index contributed by atoms with van der Waals surface area (Å²) < 4.78 is 59.0. The van der Waals surface area contributed by atoms with Gasteiger partial charge in [0.1, 0.15) is 17.3 Å². The SMILES string of the molecule is Cc1cccc(-c2nc3ccn(Cc4ccc(-c5ccc(OCCC(F)=C(F)F)cc5)cc4)cc-3n2)c1F. The van der Waals surface area contributed by atoms with Crippen molar-refractivity contribution in [2.24, 2.45) is 0 Å². The maximum absolute atomic E-state index is 14.5. The third kappa shape index (κ3) is 5.59. The molecule has 38 heavy (non-hydrogen) atoms. The van der Waals surface area contributed by atoms with Gasteiger partial charge in [-0.2, -0.15) is 8.78 Å². The minimum atomic E-state index is -2.31. The number of imidazole rings is 1. The molecular formula is C30H23F4N3O. The Balaban J connectivity index is 1.25. The number of aromatic nitrogens is 3. The molecule has 2 aliphatic rings. The van der Waals surface area contributed by atoms with E-state index in [0.29, 0.717) is 40.6 Å². The lowest BCUT2D eigenvalue weighted by molar-refractivity contribution is 0.295. The summed E-state index contributed by atoms with van der Waals surface area (Å²) in [5, 5.41) is 0. The lowest BCUT2D eigenvalue weighted by Gasteiger charge is -2.10. The van der Waals surface area contributed by atoms with E-state index >= 15 is 0 Å². The molecule has 0 spiro atoms. The van der Waals surface area contributed by atoms with Gasteiger partial charge in [0.25, 0.3) is 0 Å². The lowest BCUT2D eigenvalue weighted by Crippen LogP contribution is -2.00. The Bertz CT molecular complexity index is 1560. The molecule has 0 aromatic heterocycles. The summed E-state index contributed by atoms with van der Waals surface area (Å²) in [5.41, 5.74) is 5.38. The normalized spacial score (nSPS) is 11.1. The van der Waals surface area contributed by atoms with Gasteiger partial charge in [-0.05, 0) is 53.4 Å². The number of ether oxygens (including phenoxy) is 1. The number of benzene rings is 3. The summed E-state index contributed by atoms with van der Waals surface area (Å²) in [7, 11) is 0. The first kappa shape index (κ1) is 25.2. The Morgan fingerprint density at radius 3 is 2.24 bits per heavy atom. The molecule has 5 rings (SSSR count). The van der Waals surface area contributed by atoms with Crippen molar-refractivity contribution in [3.8, 4) is 39.7 Å². The second kappa shape index (κ2) is 10.9. The molecule has 0 saturated carbocycles. The molecule has 0 aliphatic carbocycles. The Hall–Kier alpha value is -4.46. The molecule has 2 heterocycles. The first-order valence-corrected chi connectivity index (χ1v) is 12.0. The molecule has 0 unspecified atom stereocenters. The number of halogens is 4. The van der Waals surface area contributed by atoms with Crippen molar-refractivity contribution in [2.45, 2.75) is 19.9 Å². The van der Waals surface area contributed by atoms with Gasteiger partial charge in [0.2, 0.25) is 0 Å². The smallest absolute Gasteiger partial charge is 0.301 e. The second-order valence-corrected chi connectivity index (χ2v) is 8.86. The van der Waals surface area contributed by atoms with Gasteiger partial charge in [0, 0.05) is 25.4 Å². The standard InChI is InChI=1S/C30H23F4N3O/c1-19-3-2-4-24(28(19)32)30-35-26-13-15-37(18-27(26)36-30)17-20-5-7-21(8-6-20)22-9-11-23(12-10-22)38-16-14-25(31)29(33)34/h2-13,15,18H,14,16-17H2,1H3. The molecule has 0 atom stereocenters. The van der Waals surface area contributed by atoms with Crippen molar-refractivity contribution in [3.63, 3.8) is 0 Å². The van der Waals surface area contributed by atoms with Crippen LogP contribution in [0.2, 0.25) is 0 Å². The highest BCUT2D eigenvalue weighted by molar-refractivity contribution is 5.67. The topological polar surface area (TPSA) is 39.9 Å². The molecule has 4 nitrogen and oxygen atoms in total. The number of hydrogen-bond acceptors (Lipinski definition) is 3. The van der Waals surface area contributed by atoms with E-state index in [1.165, 1.54) is 0 Å². The van der Waals surface area contributed by atoms with Crippen LogP contribution in [0.1, 0.15) is 17.5 Å². The number of aryl methyl sites for hydroxylation is 1. The van der Waals surface area contributed by atoms with E-state index in [1.54, 1.807) is 37.3 Å². The molecule has 3 aromatic rings. The van der Waals surface area contributed by atoms with Crippen LogP contribution < -0.4 is 4.74 Å². The minimum Gasteiger partial charge on any atom is -0.493 e.